The van der Waals surface area contributed by atoms with Crippen LogP contribution < -0.4 is 5.32 Å². The van der Waals surface area contributed by atoms with Crippen LogP contribution in [0.25, 0.3) is 0 Å². The predicted molar refractivity (Wildman–Crippen MR) is 83.7 cm³/mol. The Balaban J connectivity index is 1.55. The molecule has 1 fully saturated rings. The molecular weight excluding hydrogens is 344 g/mol. The number of anilines is 1. The Kier molecular flexibility index (Phi) is 4.49. The van der Waals surface area contributed by atoms with E-state index >= 15 is 0 Å². The van der Waals surface area contributed by atoms with Crippen molar-refractivity contribution in [2.75, 3.05) is 11.1 Å². The Bertz CT molecular complexity index is 762. The fourth-order valence-corrected chi connectivity index (χ4v) is 2.60. The summed E-state index contributed by atoms with van der Waals surface area (Å²) in [6.45, 7) is 0. The zero-order chi connectivity index (χ0) is 16.4. The zero-order valence-electron chi connectivity index (χ0n) is 11.7. The monoisotopic (exact) mass is 354 g/mol. The lowest BCUT2D eigenvalue weighted by Gasteiger charge is -2.05. The summed E-state index contributed by atoms with van der Waals surface area (Å²) < 4.78 is 5.43. The van der Waals surface area contributed by atoms with Crippen molar-refractivity contribution in [3.05, 3.63) is 39.2 Å². The topological polar surface area (TPSA) is 111 Å². The van der Waals surface area contributed by atoms with Crippen LogP contribution in [0.1, 0.15) is 24.7 Å². The molecule has 10 heteroatoms. The average molecular weight is 355 g/mol. The first kappa shape index (κ1) is 15.8. The van der Waals surface area contributed by atoms with Crippen molar-refractivity contribution in [1.29, 1.82) is 0 Å². The van der Waals surface area contributed by atoms with Gasteiger partial charge in [-0.15, -0.1) is 10.2 Å². The molecule has 0 radical (unpaired) electrons. The van der Waals surface area contributed by atoms with Crippen LogP contribution in [0.3, 0.4) is 0 Å². The average Bonchev–Trinajstić information content (AvgIpc) is 3.26. The normalized spacial score (nSPS) is 13.8. The van der Waals surface area contributed by atoms with E-state index in [1.54, 1.807) is 0 Å². The molecule has 1 amide bonds. The molecule has 1 saturated carbocycles. The van der Waals surface area contributed by atoms with E-state index in [2.05, 4.69) is 15.5 Å². The molecule has 1 aromatic carbocycles. The molecule has 1 aliphatic rings. The molecule has 0 atom stereocenters. The predicted octanol–water partition coefficient (Wildman–Crippen LogP) is 3.24. The molecule has 120 valence electrons. The molecule has 3 rings (SSSR count). The van der Waals surface area contributed by atoms with E-state index in [1.165, 1.54) is 18.2 Å². The molecule has 2 aromatic rings. The second kappa shape index (κ2) is 6.55. The van der Waals surface area contributed by atoms with Gasteiger partial charge in [0.1, 0.15) is 0 Å². The molecule has 0 spiro atoms. The van der Waals surface area contributed by atoms with Crippen molar-refractivity contribution in [2.45, 2.75) is 24.0 Å². The van der Waals surface area contributed by atoms with Gasteiger partial charge in [0.2, 0.25) is 11.8 Å². The Morgan fingerprint density at radius 1 is 1.48 bits per heavy atom. The van der Waals surface area contributed by atoms with Crippen LogP contribution >= 0.6 is 23.4 Å². The Hall–Kier alpha value is -2.13. The largest absolute Gasteiger partial charge is 0.416 e. The fraction of sp³-hybridized carbons (Fsp3) is 0.308. The summed E-state index contributed by atoms with van der Waals surface area (Å²) in [5.74, 6) is 0.729. The van der Waals surface area contributed by atoms with Gasteiger partial charge in [0.05, 0.1) is 21.4 Å². The number of carbonyl (C=O) groups is 1. The van der Waals surface area contributed by atoms with Gasteiger partial charge in [-0.05, 0) is 18.9 Å². The molecule has 1 heterocycles. The van der Waals surface area contributed by atoms with E-state index in [1.807, 2.05) is 0 Å². The highest BCUT2D eigenvalue weighted by atomic mass is 35.5. The minimum absolute atomic E-state index is 0.0691. The molecule has 23 heavy (non-hydrogen) atoms. The quantitative estimate of drug-likeness (QED) is 0.481. The highest BCUT2D eigenvalue weighted by Crippen LogP contribution is 2.39. The van der Waals surface area contributed by atoms with Gasteiger partial charge in [-0.25, -0.2) is 0 Å². The van der Waals surface area contributed by atoms with Crippen LogP contribution in [0.15, 0.2) is 27.8 Å². The van der Waals surface area contributed by atoms with Gasteiger partial charge in [-0.2, -0.15) is 0 Å². The number of non-ortho nitro benzene ring substituents is 1. The number of nitro benzene ring substituents is 1. The van der Waals surface area contributed by atoms with Crippen LogP contribution in [0, 0.1) is 10.1 Å². The maximum Gasteiger partial charge on any atom is 0.277 e. The number of benzene rings is 1. The van der Waals surface area contributed by atoms with E-state index in [9.17, 15) is 14.9 Å². The maximum absolute atomic E-state index is 11.9. The number of aromatic nitrogens is 2. The van der Waals surface area contributed by atoms with Gasteiger partial charge >= 0.3 is 0 Å². The number of halogens is 1. The third-order valence-electron chi connectivity index (χ3n) is 3.11. The molecular formula is C13H11ClN4O4S. The van der Waals surface area contributed by atoms with Crippen LogP contribution in [0.4, 0.5) is 11.4 Å². The van der Waals surface area contributed by atoms with E-state index in [0.717, 1.165) is 24.6 Å². The lowest BCUT2D eigenvalue weighted by atomic mass is 10.3. The van der Waals surface area contributed by atoms with Gasteiger partial charge in [-0.1, -0.05) is 23.4 Å². The minimum atomic E-state index is -0.555. The zero-order valence-corrected chi connectivity index (χ0v) is 13.3. The van der Waals surface area contributed by atoms with E-state index in [-0.39, 0.29) is 22.4 Å². The first-order valence-electron chi connectivity index (χ1n) is 6.73. The highest BCUT2D eigenvalue weighted by Gasteiger charge is 2.29. The summed E-state index contributed by atoms with van der Waals surface area (Å²) in [5.41, 5.74) is 0.174. The minimum Gasteiger partial charge on any atom is -0.416 e. The highest BCUT2D eigenvalue weighted by molar-refractivity contribution is 7.99. The van der Waals surface area contributed by atoms with Crippen LogP contribution in [0.2, 0.25) is 5.02 Å². The molecule has 0 unspecified atom stereocenters. The van der Waals surface area contributed by atoms with Gasteiger partial charge < -0.3 is 9.73 Å². The van der Waals surface area contributed by atoms with Gasteiger partial charge in [-0.3, -0.25) is 14.9 Å². The van der Waals surface area contributed by atoms with Crippen molar-refractivity contribution >= 4 is 40.6 Å². The summed E-state index contributed by atoms with van der Waals surface area (Å²) in [6.07, 6.45) is 2.12. The summed E-state index contributed by atoms with van der Waals surface area (Å²) in [7, 11) is 0. The van der Waals surface area contributed by atoms with E-state index in [0.29, 0.717) is 22.7 Å². The SMILES string of the molecule is O=C(CSc1nnc(C2CC2)o1)Nc1ccc([N+](=O)[O-])cc1Cl. The molecule has 8 nitrogen and oxygen atoms in total. The summed E-state index contributed by atoms with van der Waals surface area (Å²) in [5, 5.41) is 21.5. The van der Waals surface area contributed by atoms with Gasteiger partial charge in [0, 0.05) is 18.1 Å². The van der Waals surface area contributed by atoms with E-state index in [4.69, 9.17) is 16.0 Å². The van der Waals surface area contributed by atoms with Crippen LogP contribution in [0.5, 0.6) is 0 Å². The third kappa shape index (κ3) is 3.99. The second-order valence-corrected chi connectivity index (χ2v) is 6.27. The second-order valence-electron chi connectivity index (χ2n) is 4.94. The molecule has 0 saturated heterocycles. The summed E-state index contributed by atoms with van der Waals surface area (Å²) >= 11 is 7.04. The molecule has 1 aliphatic carbocycles. The smallest absolute Gasteiger partial charge is 0.277 e. The Labute approximate surface area is 139 Å². The van der Waals surface area contributed by atoms with Crippen molar-refractivity contribution < 1.29 is 14.1 Å². The number of amides is 1. The van der Waals surface area contributed by atoms with Gasteiger partial charge in [0.25, 0.3) is 10.9 Å². The number of carbonyl (C=O) groups excluding carboxylic acids is 1. The summed E-state index contributed by atoms with van der Waals surface area (Å²) in [4.78, 5) is 22.0. The van der Waals surface area contributed by atoms with Crippen molar-refractivity contribution in [1.82, 2.24) is 10.2 Å². The van der Waals surface area contributed by atoms with Crippen molar-refractivity contribution in [3.8, 4) is 0 Å². The fourth-order valence-electron chi connectivity index (χ4n) is 1.81. The standard InChI is InChI=1S/C13H11ClN4O4S/c14-9-5-8(18(20)21)3-4-10(9)15-11(19)6-23-13-17-16-12(22-13)7-1-2-7/h3-5,7H,1-2,6H2,(H,15,19). The van der Waals surface area contributed by atoms with Crippen LogP contribution in [-0.4, -0.2) is 26.8 Å². The number of nitro groups is 1. The number of hydrogen-bond donors (Lipinski definition) is 1. The van der Waals surface area contributed by atoms with E-state index < -0.39 is 4.92 Å². The number of nitrogens with zero attached hydrogens (tertiary/aromatic N) is 3. The van der Waals surface area contributed by atoms with Crippen LogP contribution in [-0.2, 0) is 4.79 Å². The first-order valence-corrected chi connectivity index (χ1v) is 8.09. The van der Waals surface area contributed by atoms with Gasteiger partial charge in [0.15, 0.2) is 0 Å². The number of rotatable bonds is 6. The lowest BCUT2D eigenvalue weighted by molar-refractivity contribution is -0.384. The molecule has 0 bridgehead atoms. The maximum atomic E-state index is 11.9. The number of thioether (sulfide) groups is 1. The number of nitrogens with one attached hydrogen (secondary N) is 1. The Morgan fingerprint density at radius 3 is 2.91 bits per heavy atom. The lowest BCUT2D eigenvalue weighted by Crippen LogP contribution is -2.14. The number of hydrogen-bond acceptors (Lipinski definition) is 7. The Morgan fingerprint density at radius 2 is 2.26 bits per heavy atom. The van der Waals surface area contributed by atoms with Crippen molar-refractivity contribution in [2.24, 2.45) is 0 Å². The summed E-state index contributed by atoms with van der Waals surface area (Å²) in [6, 6.07) is 3.85. The van der Waals surface area contributed by atoms with Crippen molar-refractivity contribution in [3.63, 3.8) is 0 Å². The molecule has 1 aromatic heterocycles. The third-order valence-corrected chi connectivity index (χ3v) is 4.24. The molecule has 0 aliphatic heterocycles. The first-order chi connectivity index (χ1) is 11.0. The molecule has 1 N–H and O–H groups in total.